The lowest BCUT2D eigenvalue weighted by atomic mass is 9.82. The van der Waals surface area contributed by atoms with Gasteiger partial charge in [0.25, 0.3) is 0 Å². The van der Waals surface area contributed by atoms with Gasteiger partial charge in [0.05, 0.1) is 0 Å². The smallest absolute Gasteiger partial charge is 0.0482 e. The van der Waals surface area contributed by atoms with Crippen molar-refractivity contribution in [1.29, 1.82) is 0 Å². The minimum Gasteiger partial charge on any atom is -0.337 e. The molecule has 0 spiro atoms. The predicted octanol–water partition coefficient (Wildman–Crippen LogP) is 18.5. The molecule has 1 aliphatic heterocycles. The number of rotatable bonds is 11. The van der Waals surface area contributed by atoms with Crippen molar-refractivity contribution in [3.8, 4) is 44.5 Å². The molecular weight excluding hydrogens is 835 g/mol. The highest BCUT2D eigenvalue weighted by molar-refractivity contribution is 5.86. The van der Waals surface area contributed by atoms with Gasteiger partial charge < -0.3 is 14.7 Å². The van der Waals surface area contributed by atoms with Crippen molar-refractivity contribution < 1.29 is 0 Å². The van der Waals surface area contributed by atoms with Crippen LogP contribution in [-0.2, 0) is 0 Å². The molecule has 0 N–H and O–H groups in total. The van der Waals surface area contributed by atoms with E-state index < -0.39 is 0 Å². The molecule has 10 aromatic carbocycles. The first-order valence-corrected chi connectivity index (χ1v) is 24.5. The second kappa shape index (κ2) is 18.7. The number of hydrogen-bond donors (Lipinski definition) is 0. The zero-order valence-corrected chi connectivity index (χ0v) is 38.7. The normalized spacial score (nSPS) is 15.0. The Morgan fingerprint density at radius 1 is 0.290 bits per heavy atom. The molecule has 2 aliphatic rings. The van der Waals surface area contributed by atoms with Crippen LogP contribution >= 0.6 is 0 Å². The topological polar surface area (TPSA) is 9.72 Å². The van der Waals surface area contributed by atoms with Crippen LogP contribution in [0.3, 0.4) is 0 Å². The maximum Gasteiger partial charge on any atom is 0.0482 e. The highest BCUT2D eigenvalue weighted by Gasteiger charge is 2.40. The molecule has 10 aromatic rings. The van der Waals surface area contributed by atoms with E-state index in [-0.39, 0.29) is 0 Å². The van der Waals surface area contributed by atoms with E-state index in [4.69, 9.17) is 0 Å². The van der Waals surface area contributed by atoms with E-state index in [0.717, 1.165) is 34.1 Å². The van der Waals surface area contributed by atoms with E-state index in [1.807, 2.05) is 0 Å². The highest BCUT2D eigenvalue weighted by atomic mass is 15.2. The Kier molecular flexibility index (Phi) is 11.4. The molecule has 1 saturated carbocycles. The van der Waals surface area contributed by atoms with Crippen molar-refractivity contribution in [2.24, 2.45) is 0 Å². The molecule has 1 aliphatic carbocycles. The summed E-state index contributed by atoms with van der Waals surface area (Å²) >= 11 is 0. The minimum absolute atomic E-state index is 0.489. The Bertz CT molecular complexity index is 3200. The van der Waals surface area contributed by atoms with Crippen molar-refractivity contribution >= 4 is 45.5 Å². The molecule has 0 amide bonds. The van der Waals surface area contributed by atoms with Crippen molar-refractivity contribution in [3.05, 3.63) is 266 Å². The molecule has 1 fully saturated rings. The number of para-hydroxylation sites is 1. The van der Waals surface area contributed by atoms with Gasteiger partial charge in [-0.2, -0.15) is 0 Å². The lowest BCUT2D eigenvalue weighted by molar-refractivity contribution is 0.402. The summed E-state index contributed by atoms with van der Waals surface area (Å²) in [5, 5.41) is 0. The average molecular weight is 888 g/mol. The van der Waals surface area contributed by atoms with Crippen LogP contribution in [0, 0.1) is 0 Å². The maximum atomic E-state index is 2.65. The third kappa shape index (κ3) is 8.38. The van der Waals surface area contributed by atoms with Crippen LogP contribution < -0.4 is 14.7 Å². The number of hydrogen-bond acceptors (Lipinski definition) is 3. The first-order valence-electron chi connectivity index (χ1n) is 24.5. The molecule has 332 valence electrons. The molecule has 3 nitrogen and oxygen atoms in total. The van der Waals surface area contributed by atoms with Crippen LogP contribution in [0.15, 0.2) is 261 Å². The van der Waals surface area contributed by atoms with Crippen molar-refractivity contribution in [1.82, 2.24) is 0 Å². The SMILES string of the molecule is c1ccc(-c2ccc(N(c3ccc(-c4ccccc4)cc3)c3ccc(-c4ccc(N(c5ccc(-c6ccccc6)cc5)c5ccc6c(c5)N(c5ccccc5)C5CCCCC65)cc4)cc3)cc2)cc1. The first-order chi connectivity index (χ1) is 34.2. The van der Waals surface area contributed by atoms with Gasteiger partial charge in [0.15, 0.2) is 0 Å². The second-order valence-corrected chi connectivity index (χ2v) is 18.4. The van der Waals surface area contributed by atoms with Crippen molar-refractivity contribution in [2.75, 3.05) is 14.7 Å². The van der Waals surface area contributed by atoms with Gasteiger partial charge in [0.1, 0.15) is 0 Å². The molecule has 2 unspecified atom stereocenters. The van der Waals surface area contributed by atoms with E-state index in [0.29, 0.717) is 12.0 Å². The van der Waals surface area contributed by atoms with E-state index in [9.17, 15) is 0 Å². The van der Waals surface area contributed by atoms with Gasteiger partial charge in [0.2, 0.25) is 0 Å². The molecule has 2 atom stereocenters. The summed E-state index contributed by atoms with van der Waals surface area (Å²) in [6.07, 6.45) is 5.04. The Labute approximate surface area is 406 Å². The molecule has 3 heteroatoms. The summed E-state index contributed by atoms with van der Waals surface area (Å²) in [6, 6.07) is 95.6. The van der Waals surface area contributed by atoms with Gasteiger partial charge in [-0.15, -0.1) is 0 Å². The third-order valence-corrected chi connectivity index (χ3v) is 14.3. The van der Waals surface area contributed by atoms with Crippen LogP contribution in [-0.4, -0.2) is 6.04 Å². The van der Waals surface area contributed by atoms with Crippen LogP contribution in [0.4, 0.5) is 45.5 Å². The minimum atomic E-state index is 0.489. The second-order valence-electron chi connectivity index (χ2n) is 18.4. The monoisotopic (exact) mass is 887 g/mol. The fourth-order valence-corrected chi connectivity index (χ4v) is 10.9. The number of nitrogens with zero attached hydrogens (tertiary/aromatic N) is 3. The molecule has 1 heterocycles. The number of fused-ring (bicyclic) bond motifs is 3. The predicted molar refractivity (Wildman–Crippen MR) is 291 cm³/mol. The Hall–Kier alpha value is -8.40. The molecule has 0 radical (unpaired) electrons. The van der Waals surface area contributed by atoms with E-state index in [1.54, 1.807) is 0 Å². The number of benzene rings is 10. The Morgan fingerprint density at radius 2 is 0.594 bits per heavy atom. The zero-order valence-electron chi connectivity index (χ0n) is 38.7. The van der Waals surface area contributed by atoms with Gasteiger partial charge in [-0.3, -0.25) is 0 Å². The molecule has 0 saturated heterocycles. The molecule has 12 rings (SSSR count). The average Bonchev–Trinajstić information content (AvgIpc) is 3.77. The molecule has 0 aromatic heterocycles. The Morgan fingerprint density at radius 3 is 0.971 bits per heavy atom. The summed E-state index contributed by atoms with van der Waals surface area (Å²) in [6.45, 7) is 0. The summed E-state index contributed by atoms with van der Waals surface area (Å²) in [7, 11) is 0. The Balaban J connectivity index is 0.885. The quantitative estimate of drug-likeness (QED) is 0.128. The molecular formula is C66H53N3. The summed E-state index contributed by atoms with van der Waals surface area (Å²) in [4.78, 5) is 7.42. The molecule has 69 heavy (non-hydrogen) atoms. The van der Waals surface area contributed by atoms with Crippen molar-refractivity contribution in [3.63, 3.8) is 0 Å². The lowest BCUT2D eigenvalue weighted by Crippen LogP contribution is -2.32. The number of anilines is 8. The zero-order chi connectivity index (χ0) is 45.9. The van der Waals surface area contributed by atoms with E-state index in [1.165, 1.54) is 87.1 Å². The highest BCUT2D eigenvalue weighted by Crippen LogP contribution is 2.53. The third-order valence-electron chi connectivity index (χ3n) is 14.3. The van der Waals surface area contributed by atoms with Gasteiger partial charge in [-0.1, -0.05) is 189 Å². The maximum absolute atomic E-state index is 2.65. The molecule has 0 bridgehead atoms. The fraction of sp³-hybridized carbons (Fsp3) is 0.0909. The van der Waals surface area contributed by atoms with Crippen molar-refractivity contribution in [2.45, 2.75) is 37.6 Å². The van der Waals surface area contributed by atoms with E-state index >= 15 is 0 Å². The fourth-order valence-electron chi connectivity index (χ4n) is 10.9. The van der Waals surface area contributed by atoms with Crippen LogP contribution in [0.1, 0.15) is 37.2 Å². The van der Waals surface area contributed by atoms with Gasteiger partial charge in [-0.25, -0.2) is 0 Å². The lowest BCUT2D eigenvalue weighted by Gasteiger charge is -2.33. The summed E-state index contributed by atoms with van der Waals surface area (Å²) in [5.41, 5.74) is 20.4. The van der Waals surface area contributed by atoms with Crippen LogP contribution in [0.2, 0.25) is 0 Å². The summed E-state index contributed by atoms with van der Waals surface area (Å²) < 4.78 is 0. The first kappa shape index (κ1) is 42.0. The summed E-state index contributed by atoms with van der Waals surface area (Å²) in [5.74, 6) is 0.555. The standard InChI is InChI=1S/C66H53N3/c1-5-15-48(16-6-1)51-25-35-57(36-26-51)67(58-37-27-52(28-38-58)49-17-7-2-8-18-49)59-39-31-54(32-40-59)55-33-43-61(44-34-55)68(60-41-29-53(30-42-60)50-19-9-3-10-20-50)62-45-46-64-63-23-13-14-24-65(63)69(66(64)47-62)56-21-11-4-12-22-56/h1-12,15-22,25-47,63,65H,13-14,23-24H2. The van der Waals surface area contributed by atoms with Gasteiger partial charge in [0, 0.05) is 57.5 Å². The van der Waals surface area contributed by atoms with E-state index in [2.05, 4.69) is 276 Å². The largest absolute Gasteiger partial charge is 0.337 e. The van der Waals surface area contributed by atoms with Crippen LogP contribution in [0.5, 0.6) is 0 Å². The van der Waals surface area contributed by atoms with Crippen LogP contribution in [0.25, 0.3) is 44.5 Å². The van der Waals surface area contributed by atoms with Gasteiger partial charge in [-0.05, 0) is 148 Å². The van der Waals surface area contributed by atoms with Gasteiger partial charge >= 0.3 is 0 Å².